The summed E-state index contributed by atoms with van der Waals surface area (Å²) in [7, 11) is 5.35. The number of anilines is 3. The van der Waals surface area contributed by atoms with E-state index in [9.17, 15) is 0 Å². The number of ether oxygens (including phenoxy) is 3. The minimum absolute atomic E-state index is 0.257. The number of benzene rings is 1. The number of rotatable bonds is 11. The third-order valence-electron chi connectivity index (χ3n) is 6.52. The molecule has 38 heavy (non-hydrogen) atoms. The SMILES string of the molecule is COCCOc1ccc(N2CCN(CCN(C)c3cc4nc(-c5ncco5)nn4c(N)n3)CC2)c(OC)c1. The second kappa shape index (κ2) is 11.5. The van der Waals surface area contributed by atoms with Gasteiger partial charge in [0, 0.05) is 65.6 Å². The number of piperazine rings is 1. The van der Waals surface area contributed by atoms with Gasteiger partial charge < -0.3 is 34.2 Å². The van der Waals surface area contributed by atoms with Crippen molar-refractivity contribution in [3.05, 3.63) is 36.7 Å². The summed E-state index contributed by atoms with van der Waals surface area (Å²) in [6.45, 7) is 6.45. The van der Waals surface area contributed by atoms with Crippen LogP contribution in [-0.2, 0) is 4.74 Å². The Morgan fingerprint density at radius 3 is 2.66 bits per heavy atom. The number of nitrogens with two attached hydrogens (primary N) is 1. The highest BCUT2D eigenvalue weighted by molar-refractivity contribution is 5.61. The van der Waals surface area contributed by atoms with Crippen molar-refractivity contribution < 1.29 is 18.6 Å². The van der Waals surface area contributed by atoms with Crippen LogP contribution in [-0.4, -0.2) is 103 Å². The highest BCUT2D eigenvalue weighted by Gasteiger charge is 2.21. The first-order valence-electron chi connectivity index (χ1n) is 12.5. The van der Waals surface area contributed by atoms with Crippen LogP contribution >= 0.6 is 0 Å². The fraction of sp³-hybridized carbons (Fsp3) is 0.440. The molecule has 0 aliphatic carbocycles. The molecule has 4 aromatic rings. The zero-order valence-electron chi connectivity index (χ0n) is 21.9. The van der Waals surface area contributed by atoms with Crippen LogP contribution < -0.4 is 25.0 Å². The van der Waals surface area contributed by atoms with Crippen LogP contribution in [0, 0.1) is 0 Å². The molecule has 13 nitrogen and oxygen atoms in total. The van der Waals surface area contributed by atoms with Gasteiger partial charge in [0.2, 0.25) is 11.8 Å². The summed E-state index contributed by atoms with van der Waals surface area (Å²) in [6.07, 6.45) is 3.03. The first-order chi connectivity index (χ1) is 18.6. The molecule has 0 bridgehead atoms. The summed E-state index contributed by atoms with van der Waals surface area (Å²) in [4.78, 5) is 20.0. The van der Waals surface area contributed by atoms with Crippen LogP contribution in [0.3, 0.4) is 0 Å². The molecule has 13 heteroatoms. The van der Waals surface area contributed by atoms with E-state index in [1.165, 1.54) is 10.8 Å². The van der Waals surface area contributed by atoms with E-state index in [0.717, 1.165) is 62.3 Å². The van der Waals surface area contributed by atoms with E-state index >= 15 is 0 Å². The zero-order chi connectivity index (χ0) is 26.5. The minimum atomic E-state index is 0.257. The standard InChI is InChI=1S/C25H33N9O4/c1-31(21-17-22-28-23(24-27-6-13-38-24)30-34(22)25(26)29-21)7-8-32-9-11-33(12-10-32)19-5-4-18(16-20(19)36-3)37-15-14-35-2/h4-6,13,16-17H,7-12,14-15H2,1-3H3,(H2,26,29). The lowest BCUT2D eigenvalue weighted by atomic mass is 10.2. The molecule has 0 radical (unpaired) electrons. The third-order valence-corrected chi connectivity index (χ3v) is 6.52. The number of aromatic nitrogens is 5. The molecular weight excluding hydrogens is 490 g/mol. The molecule has 1 aliphatic rings. The number of likely N-dealkylation sites (N-methyl/N-ethyl adjacent to an activating group) is 1. The van der Waals surface area contributed by atoms with E-state index in [4.69, 9.17) is 24.4 Å². The van der Waals surface area contributed by atoms with Crippen LogP contribution in [0.2, 0.25) is 0 Å². The van der Waals surface area contributed by atoms with Crippen LogP contribution in [0.15, 0.2) is 41.1 Å². The molecule has 2 N–H and O–H groups in total. The maximum absolute atomic E-state index is 6.17. The predicted molar refractivity (Wildman–Crippen MR) is 143 cm³/mol. The number of nitrogens with zero attached hydrogens (tertiary/aromatic N) is 8. The lowest BCUT2D eigenvalue weighted by Crippen LogP contribution is -2.48. The Morgan fingerprint density at radius 2 is 1.92 bits per heavy atom. The number of hydrogen-bond acceptors (Lipinski definition) is 12. The molecule has 0 unspecified atom stereocenters. The van der Waals surface area contributed by atoms with Gasteiger partial charge in [-0.1, -0.05) is 0 Å². The van der Waals surface area contributed by atoms with Gasteiger partial charge in [0.05, 0.1) is 25.6 Å². The van der Waals surface area contributed by atoms with E-state index in [1.54, 1.807) is 20.4 Å². The fourth-order valence-corrected chi connectivity index (χ4v) is 4.39. The molecule has 1 aliphatic heterocycles. The fourth-order valence-electron chi connectivity index (χ4n) is 4.39. The smallest absolute Gasteiger partial charge is 0.266 e. The molecule has 202 valence electrons. The second-order valence-corrected chi connectivity index (χ2v) is 8.94. The molecule has 0 saturated carbocycles. The summed E-state index contributed by atoms with van der Waals surface area (Å²) in [5.41, 5.74) is 7.83. The maximum Gasteiger partial charge on any atom is 0.266 e. The van der Waals surface area contributed by atoms with Gasteiger partial charge in [-0.05, 0) is 12.1 Å². The molecule has 0 spiro atoms. The Balaban J connectivity index is 1.16. The average Bonchev–Trinajstić information content (AvgIpc) is 3.63. The number of fused-ring (bicyclic) bond motifs is 1. The lowest BCUT2D eigenvalue weighted by Gasteiger charge is -2.37. The first-order valence-corrected chi connectivity index (χ1v) is 12.5. The quantitative estimate of drug-likeness (QED) is 0.287. The Morgan fingerprint density at radius 1 is 1.08 bits per heavy atom. The number of oxazole rings is 1. The maximum atomic E-state index is 6.17. The lowest BCUT2D eigenvalue weighted by molar-refractivity contribution is 0.146. The van der Waals surface area contributed by atoms with Crippen molar-refractivity contribution in [1.29, 1.82) is 0 Å². The van der Waals surface area contributed by atoms with Gasteiger partial charge in [-0.25, -0.2) is 9.97 Å². The zero-order valence-corrected chi connectivity index (χ0v) is 21.9. The summed E-state index contributed by atoms with van der Waals surface area (Å²) in [6, 6.07) is 7.84. The molecule has 0 amide bonds. The van der Waals surface area contributed by atoms with Gasteiger partial charge in [0.1, 0.15) is 30.2 Å². The number of methoxy groups -OCH3 is 2. The molecule has 1 saturated heterocycles. The molecule has 1 aromatic carbocycles. The normalized spacial score (nSPS) is 14.2. The largest absolute Gasteiger partial charge is 0.494 e. The van der Waals surface area contributed by atoms with Gasteiger partial charge >= 0.3 is 0 Å². The van der Waals surface area contributed by atoms with Crippen molar-refractivity contribution in [2.45, 2.75) is 0 Å². The van der Waals surface area contributed by atoms with Gasteiger partial charge in [0.25, 0.3) is 5.89 Å². The van der Waals surface area contributed by atoms with Crippen molar-refractivity contribution in [2.75, 3.05) is 89.3 Å². The summed E-state index contributed by atoms with van der Waals surface area (Å²) < 4.78 is 23.2. The molecule has 0 atom stereocenters. The predicted octanol–water partition coefficient (Wildman–Crippen LogP) is 1.65. The highest BCUT2D eigenvalue weighted by Crippen LogP contribution is 2.33. The topological polar surface area (TPSA) is 133 Å². The average molecular weight is 524 g/mol. The van der Waals surface area contributed by atoms with E-state index in [-0.39, 0.29) is 5.95 Å². The highest BCUT2D eigenvalue weighted by atomic mass is 16.5. The molecular formula is C25H33N9O4. The second-order valence-electron chi connectivity index (χ2n) is 8.94. The number of hydrogen-bond donors (Lipinski definition) is 1. The van der Waals surface area contributed by atoms with E-state index in [0.29, 0.717) is 30.6 Å². The Labute approximate surface area is 220 Å². The third kappa shape index (κ3) is 5.58. The van der Waals surface area contributed by atoms with Gasteiger partial charge in [-0.3, -0.25) is 4.90 Å². The van der Waals surface area contributed by atoms with Crippen molar-refractivity contribution in [3.8, 4) is 23.2 Å². The van der Waals surface area contributed by atoms with Crippen molar-refractivity contribution >= 4 is 23.1 Å². The minimum Gasteiger partial charge on any atom is -0.494 e. The summed E-state index contributed by atoms with van der Waals surface area (Å²) in [5, 5.41) is 4.35. The van der Waals surface area contributed by atoms with Crippen molar-refractivity contribution in [1.82, 2.24) is 29.5 Å². The molecule has 4 heterocycles. The Hall–Kier alpha value is -4.10. The summed E-state index contributed by atoms with van der Waals surface area (Å²) in [5.74, 6) is 3.28. The summed E-state index contributed by atoms with van der Waals surface area (Å²) >= 11 is 0. The van der Waals surface area contributed by atoms with Crippen LogP contribution in [0.4, 0.5) is 17.5 Å². The molecule has 1 fully saturated rings. The van der Waals surface area contributed by atoms with Gasteiger partial charge in [-0.15, -0.1) is 5.10 Å². The van der Waals surface area contributed by atoms with Crippen molar-refractivity contribution in [3.63, 3.8) is 0 Å². The van der Waals surface area contributed by atoms with E-state index in [2.05, 4.69) is 40.8 Å². The Bertz CT molecular complexity index is 1340. The van der Waals surface area contributed by atoms with Gasteiger partial charge in [-0.2, -0.15) is 9.50 Å². The van der Waals surface area contributed by atoms with E-state index in [1.807, 2.05) is 25.2 Å². The van der Waals surface area contributed by atoms with Crippen LogP contribution in [0.1, 0.15) is 0 Å². The molecule has 5 rings (SSSR count). The van der Waals surface area contributed by atoms with Gasteiger partial charge in [0.15, 0.2) is 5.65 Å². The van der Waals surface area contributed by atoms with E-state index < -0.39 is 0 Å². The molecule has 3 aromatic heterocycles. The van der Waals surface area contributed by atoms with Crippen LogP contribution in [0.25, 0.3) is 17.4 Å². The number of nitrogen functional groups attached to an aromatic ring is 1. The monoisotopic (exact) mass is 523 g/mol. The van der Waals surface area contributed by atoms with Crippen molar-refractivity contribution in [2.24, 2.45) is 0 Å². The first kappa shape index (κ1) is 25.5. The van der Waals surface area contributed by atoms with Crippen LogP contribution in [0.5, 0.6) is 11.5 Å². The Kier molecular flexibility index (Phi) is 7.75.